The Labute approximate surface area is 231 Å². The Hall–Kier alpha value is -4.41. The van der Waals surface area contributed by atoms with Gasteiger partial charge in [-0.1, -0.05) is 30.3 Å². The summed E-state index contributed by atoms with van der Waals surface area (Å²) in [6, 6.07) is 25.2. The maximum absolute atomic E-state index is 8.78. The lowest BCUT2D eigenvalue weighted by Crippen LogP contribution is -2.20. The average Bonchev–Trinajstić information content (AvgIpc) is 3.34. The van der Waals surface area contributed by atoms with E-state index in [1.54, 1.807) is 24.3 Å². The molecule has 39 heavy (non-hydrogen) atoms. The third kappa shape index (κ3) is 8.29. The molecule has 0 amide bonds. The van der Waals surface area contributed by atoms with Crippen LogP contribution in [0.1, 0.15) is 35.3 Å². The van der Waals surface area contributed by atoms with Crippen LogP contribution < -0.4 is 26.0 Å². The van der Waals surface area contributed by atoms with Crippen LogP contribution >= 0.6 is 11.3 Å². The summed E-state index contributed by atoms with van der Waals surface area (Å²) in [6.45, 7) is 1.22. The van der Waals surface area contributed by atoms with Crippen molar-refractivity contribution in [3.8, 4) is 22.8 Å². The Kier molecular flexibility index (Phi) is 9.87. The Morgan fingerprint density at radius 2 is 1.46 bits per heavy atom. The normalized spacial score (nSPS) is 10.6. The number of guanidine groups is 1. The molecule has 0 unspecified atom stereocenters. The molecule has 10 heteroatoms. The minimum Gasteiger partial charge on any atom is -0.494 e. The summed E-state index contributed by atoms with van der Waals surface area (Å²) in [7, 11) is 0. The predicted octanol–water partition coefficient (Wildman–Crippen LogP) is 5.64. The monoisotopic (exact) mass is 544 g/mol. The Morgan fingerprint density at radius 3 is 2.05 bits per heavy atom. The lowest BCUT2D eigenvalue weighted by atomic mass is 10.1. The highest BCUT2D eigenvalue weighted by Gasteiger charge is 2.14. The van der Waals surface area contributed by atoms with Crippen molar-refractivity contribution in [1.82, 2.24) is 10.5 Å². The lowest BCUT2D eigenvalue weighted by Gasteiger charge is -2.09. The lowest BCUT2D eigenvalue weighted by molar-refractivity contribution is 0.234. The van der Waals surface area contributed by atoms with E-state index in [0.29, 0.717) is 23.9 Å². The highest BCUT2D eigenvalue weighted by molar-refractivity contribution is 7.16. The van der Waals surface area contributed by atoms with Gasteiger partial charge in [-0.05, 0) is 73.4 Å². The van der Waals surface area contributed by atoms with Gasteiger partial charge in [0.1, 0.15) is 17.3 Å². The van der Waals surface area contributed by atoms with Crippen LogP contribution in [0.3, 0.4) is 0 Å². The number of amidine groups is 1. The first-order valence-electron chi connectivity index (χ1n) is 12.6. The highest BCUT2D eigenvalue weighted by Crippen LogP contribution is 2.33. The van der Waals surface area contributed by atoms with E-state index in [0.717, 1.165) is 53.3 Å². The predicted molar refractivity (Wildman–Crippen MR) is 155 cm³/mol. The molecule has 0 bridgehead atoms. The molecule has 0 aliphatic carbocycles. The molecule has 7 N–H and O–H groups in total. The molecular formula is C29H32N6O3S. The number of nitrogens with one attached hydrogen (secondary N) is 4. The number of anilines is 1. The van der Waals surface area contributed by atoms with Gasteiger partial charge in [-0.25, -0.2) is 4.98 Å². The molecule has 0 saturated carbocycles. The Morgan fingerprint density at radius 1 is 0.846 bits per heavy atom. The zero-order chi connectivity index (χ0) is 27.5. The second kappa shape index (κ2) is 13.9. The molecule has 9 nitrogen and oxygen atoms in total. The number of hydroxylamine groups is 1. The zero-order valence-corrected chi connectivity index (χ0v) is 22.3. The van der Waals surface area contributed by atoms with Crippen molar-refractivity contribution in [2.24, 2.45) is 5.73 Å². The third-order valence-electron chi connectivity index (χ3n) is 5.86. The first-order valence-corrected chi connectivity index (χ1v) is 13.4. The Balaban J connectivity index is 1.23. The summed E-state index contributed by atoms with van der Waals surface area (Å²) in [4.78, 5) is 5.80. The van der Waals surface area contributed by atoms with E-state index < -0.39 is 0 Å². The van der Waals surface area contributed by atoms with Crippen molar-refractivity contribution in [3.05, 3.63) is 94.9 Å². The summed E-state index contributed by atoms with van der Waals surface area (Å²) in [5.74, 6) is 1.35. The van der Waals surface area contributed by atoms with Gasteiger partial charge in [0, 0.05) is 22.4 Å². The van der Waals surface area contributed by atoms with E-state index in [-0.39, 0.29) is 11.8 Å². The summed E-state index contributed by atoms with van der Waals surface area (Å²) in [5, 5.41) is 27.3. The molecule has 0 spiro atoms. The maximum atomic E-state index is 8.78. The molecule has 1 heterocycles. The van der Waals surface area contributed by atoms with Crippen LogP contribution in [0, 0.1) is 10.8 Å². The van der Waals surface area contributed by atoms with E-state index in [2.05, 4.69) is 17.4 Å². The van der Waals surface area contributed by atoms with E-state index in [4.69, 9.17) is 36.2 Å². The summed E-state index contributed by atoms with van der Waals surface area (Å²) in [6.07, 6.45) is 3.54. The maximum Gasteiger partial charge on any atom is 0.192 e. The van der Waals surface area contributed by atoms with Crippen molar-refractivity contribution in [2.75, 3.05) is 18.5 Å². The second-order valence-electron chi connectivity index (χ2n) is 8.78. The van der Waals surface area contributed by atoms with Gasteiger partial charge < -0.3 is 20.5 Å². The molecule has 4 rings (SSSR count). The fraction of sp³-hybridized carbons (Fsp3) is 0.207. The van der Waals surface area contributed by atoms with Crippen molar-refractivity contribution >= 4 is 28.3 Å². The molecule has 0 radical (unpaired) electrons. The number of benzene rings is 3. The van der Waals surface area contributed by atoms with Gasteiger partial charge in [0.2, 0.25) is 0 Å². The van der Waals surface area contributed by atoms with Crippen molar-refractivity contribution in [2.45, 2.75) is 25.7 Å². The van der Waals surface area contributed by atoms with Gasteiger partial charge in [-0.3, -0.25) is 21.5 Å². The molecule has 0 aliphatic heterocycles. The fourth-order valence-electron chi connectivity index (χ4n) is 3.90. The fourth-order valence-corrected chi connectivity index (χ4v) is 4.93. The summed E-state index contributed by atoms with van der Waals surface area (Å²) < 4.78 is 11.7. The van der Waals surface area contributed by atoms with Crippen LogP contribution in [-0.2, 0) is 6.42 Å². The van der Waals surface area contributed by atoms with Crippen LogP contribution in [0.25, 0.3) is 11.3 Å². The quantitative estimate of drug-likeness (QED) is 0.0552. The van der Waals surface area contributed by atoms with Crippen LogP contribution in [0.5, 0.6) is 11.5 Å². The number of unbranched alkanes of at least 4 members (excludes halogenated alkanes) is 2. The smallest absolute Gasteiger partial charge is 0.192 e. The third-order valence-corrected chi connectivity index (χ3v) is 6.83. The van der Waals surface area contributed by atoms with E-state index in [9.17, 15) is 0 Å². The summed E-state index contributed by atoms with van der Waals surface area (Å²) >= 11 is 1.50. The largest absolute Gasteiger partial charge is 0.494 e. The number of aromatic nitrogens is 1. The van der Waals surface area contributed by atoms with Gasteiger partial charge in [0.25, 0.3) is 0 Å². The number of nitrogens with two attached hydrogens (primary N) is 1. The minimum atomic E-state index is -0.135. The number of hydrogen-bond acceptors (Lipinski definition) is 7. The number of nitrogens with zero attached hydrogens (tertiary/aromatic N) is 1. The molecule has 0 saturated heterocycles. The molecule has 0 aliphatic rings. The zero-order valence-electron chi connectivity index (χ0n) is 21.4. The van der Waals surface area contributed by atoms with Gasteiger partial charge in [-0.15, -0.1) is 11.3 Å². The van der Waals surface area contributed by atoms with Gasteiger partial charge >= 0.3 is 0 Å². The second-order valence-corrected chi connectivity index (χ2v) is 9.87. The molecular weight excluding hydrogens is 512 g/mol. The first-order chi connectivity index (χ1) is 19.0. The van der Waals surface area contributed by atoms with Crippen LogP contribution in [0.15, 0.2) is 78.9 Å². The molecule has 0 fully saturated rings. The van der Waals surface area contributed by atoms with Crippen molar-refractivity contribution in [3.63, 3.8) is 0 Å². The number of rotatable bonds is 13. The molecule has 4 aromatic rings. The molecule has 3 aromatic carbocycles. The number of hydrogen-bond donors (Lipinski definition) is 6. The van der Waals surface area contributed by atoms with Crippen LogP contribution in [-0.4, -0.2) is 35.2 Å². The molecule has 0 atom stereocenters. The number of ether oxygens (including phenoxy) is 2. The van der Waals surface area contributed by atoms with Crippen LogP contribution in [0.2, 0.25) is 0 Å². The minimum absolute atomic E-state index is 0.0526. The van der Waals surface area contributed by atoms with E-state index in [1.807, 2.05) is 47.9 Å². The molecule has 1 aromatic heterocycles. The van der Waals surface area contributed by atoms with Crippen LogP contribution in [0.4, 0.5) is 5.13 Å². The van der Waals surface area contributed by atoms with Gasteiger partial charge in [0.05, 0.1) is 18.9 Å². The topological polar surface area (TPSA) is 149 Å². The average molecular weight is 545 g/mol. The number of thiazole rings is 1. The molecule has 202 valence electrons. The van der Waals surface area contributed by atoms with Crippen molar-refractivity contribution < 1.29 is 14.7 Å². The Bertz CT molecular complexity index is 1360. The highest BCUT2D eigenvalue weighted by atomic mass is 32.1. The SMILES string of the molecule is N=C(N)Nc1nc(-c2ccc(OCCCCCOc3ccc(C(=N)NO)cc3)cc2)c(Cc2ccccc2)s1. The standard InChI is InChI=1S/C29H32N6O3S/c30-27(35-36)22-11-15-24(16-12-22)38-18-6-2-5-17-37-23-13-9-21(10-14-23)26-25(19-20-7-3-1-4-8-20)39-29(33-26)34-28(31)32/h1,3-4,7-16,36H,2,5-6,17-19H2,(H2,30,35)(H4,31,32,33,34). The summed E-state index contributed by atoms with van der Waals surface area (Å²) in [5.41, 5.74) is 11.0. The van der Waals surface area contributed by atoms with Crippen molar-refractivity contribution in [1.29, 1.82) is 10.8 Å². The van der Waals surface area contributed by atoms with E-state index >= 15 is 0 Å². The van der Waals surface area contributed by atoms with E-state index in [1.165, 1.54) is 16.9 Å². The van der Waals surface area contributed by atoms with Gasteiger partial charge in [-0.2, -0.15) is 0 Å². The van der Waals surface area contributed by atoms with Gasteiger partial charge in [0.15, 0.2) is 11.1 Å². The first kappa shape index (κ1) is 27.6.